The fourth-order valence-corrected chi connectivity index (χ4v) is 8.72. The van der Waals surface area contributed by atoms with Crippen molar-refractivity contribution in [2.24, 2.45) is 17.8 Å². The molecule has 2 aliphatic heterocycles. The number of benzene rings is 3. The van der Waals surface area contributed by atoms with Crippen LogP contribution in [-0.2, 0) is 19.2 Å². The van der Waals surface area contributed by atoms with Crippen molar-refractivity contribution in [3.05, 3.63) is 99.3 Å². The lowest BCUT2D eigenvalue weighted by atomic mass is 9.56. The Labute approximate surface area is 274 Å². The van der Waals surface area contributed by atoms with E-state index in [0.29, 0.717) is 11.3 Å². The molecule has 2 saturated heterocycles. The van der Waals surface area contributed by atoms with Crippen molar-refractivity contribution >= 4 is 85.7 Å². The van der Waals surface area contributed by atoms with Gasteiger partial charge in [-0.1, -0.05) is 39.2 Å². The van der Waals surface area contributed by atoms with Gasteiger partial charge in [-0.25, -0.2) is 9.29 Å². The normalized spacial score (nSPS) is 31.2. The molecule has 1 N–H and O–H groups in total. The molecule has 7 rings (SSSR count). The summed E-state index contributed by atoms with van der Waals surface area (Å²) in [4.78, 5) is 54.1. The molecule has 7 nitrogen and oxygen atoms in total. The molecule has 2 heterocycles. The van der Waals surface area contributed by atoms with Gasteiger partial charge >= 0.3 is 0 Å². The largest absolute Gasteiger partial charge is 0.508 e. The highest BCUT2D eigenvalue weighted by atomic mass is 79.9. The number of fused-ring (bicyclic) bond motifs is 4. The molecule has 3 aromatic rings. The highest BCUT2D eigenvalue weighted by molar-refractivity contribution is 9.10. The molecule has 0 spiro atoms. The maximum Gasteiger partial charge on any atom is 0.258 e. The first-order valence-corrected chi connectivity index (χ1v) is 15.7. The highest BCUT2D eigenvalue weighted by Crippen LogP contribution is 2.66. The van der Waals surface area contributed by atoms with Crippen LogP contribution in [0.3, 0.4) is 0 Å². The van der Waals surface area contributed by atoms with Gasteiger partial charge in [0.1, 0.15) is 11.6 Å². The van der Waals surface area contributed by atoms with Crippen molar-refractivity contribution in [1.82, 2.24) is 0 Å². The number of anilines is 2. The second kappa shape index (κ2) is 10.1. The van der Waals surface area contributed by atoms with Crippen LogP contribution in [0.5, 0.6) is 5.75 Å². The monoisotopic (exact) mass is 716 g/mol. The van der Waals surface area contributed by atoms with E-state index in [4.69, 9.17) is 34.8 Å². The highest BCUT2D eigenvalue weighted by Gasteiger charge is 2.77. The number of aromatic hydroxyl groups is 1. The maximum absolute atomic E-state index is 14.3. The minimum atomic E-state index is -2.17. The number of hydrogen-bond acceptors (Lipinski definition) is 5. The Morgan fingerprint density at radius 2 is 1.48 bits per heavy atom. The number of hydrogen-bond donors (Lipinski definition) is 1. The summed E-state index contributed by atoms with van der Waals surface area (Å²) in [6.07, 6.45) is 1.70. The van der Waals surface area contributed by atoms with E-state index in [9.17, 15) is 28.7 Å². The van der Waals surface area contributed by atoms with Crippen LogP contribution < -0.4 is 9.80 Å². The van der Waals surface area contributed by atoms with Gasteiger partial charge in [-0.15, -0.1) is 23.2 Å². The van der Waals surface area contributed by atoms with Gasteiger partial charge in [0.25, 0.3) is 11.8 Å². The number of alkyl halides is 2. The minimum absolute atomic E-state index is 0.0632. The maximum atomic E-state index is 14.3. The number of imide groups is 2. The SMILES string of the molecule is O=C1[C@H]2[C@H](CC=C3[C@H]2C[C@@]2(Cl)C(=O)N(c4ccc(F)cc4)C(=O)[C@@]2(Cl)[C@H]3c2cc(Cl)ccc2O)C(=O)N1c1ccc(Br)cc1. The van der Waals surface area contributed by atoms with Crippen molar-refractivity contribution < 1.29 is 28.7 Å². The topological polar surface area (TPSA) is 95.0 Å². The molecule has 6 atom stereocenters. The van der Waals surface area contributed by atoms with Gasteiger partial charge in [0, 0.05) is 21.0 Å². The first-order valence-electron chi connectivity index (χ1n) is 13.7. The molecular weight excluding hydrogens is 698 g/mol. The lowest BCUT2D eigenvalue weighted by Crippen LogP contribution is -2.60. The molecule has 2 aliphatic carbocycles. The first-order chi connectivity index (χ1) is 20.9. The lowest BCUT2D eigenvalue weighted by Gasteiger charge is -2.50. The summed E-state index contributed by atoms with van der Waals surface area (Å²) in [5.41, 5.74) is 1.13. The van der Waals surface area contributed by atoms with Crippen LogP contribution in [-0.4, -0.2) is 38.5 Å². The van der Waals surface area contributed by atoms with Crippen molar-refractivity contribution in [2.45, 2.75) is 28.5 Å². The van der Waals surface area contributed by atoms with Gasteiger partial charge in [0.05, 0.1) is 23.2 Å². The van der Waals surface area contributed by atoms with E-state index >= 15 is 0 Å². The molecule has 1 saturated carbocycles. The van der Waals surface area contributed by atoms with Gasteiger partial charge in [-0.3, -0.25) is 24.1 Å². The van der Waals surface area contributed by atoms with Gasteiger partial charge in [0.2, 0.25) is 11.8 Å². The first kappa shape index (κ1) is 29.5. The smallest absolute Gasteiger partial charge is 0.258 e. The number of phenolic OH excluding ortho intramolecular Hbond substituents is 1. The van der Waals surface area contributed by atoms with Crippen LogP contribution in [0.15, 0.2) is 82.9 Å². The van der Waals surface area contributed by atoms with Crippen LogP contribution >= 0.6 is 50.7 Å². The number of allylic oxidation sites excluding steroid dienone is 2. The second-order valence-electron chi connectivity index (χ2n) is 11.4. The molecule has 4 aliphatic rings. The number of carbonyl (C=O) groups is 4. The van der Waals surface area contributed by atoms with Crippen molar-refractivity contribution in [3.8, 4) is 5.75 Å². The van der Waals surface area contributed by atoms with Crippen LogP contribution in [0.1, 0.15) is 24.3 Å². The van der Waals surface area contributed by atoms with Crippen LogP contribution in [0.25, 0.3) is 0 Å². The third-order valence-corrected chi connectivity index (χ3v) is 11.5. The quantitative estimate of drug-likeness (QED) is 0.185. The summed E-state index contributed by atoms with van der Waals surface area (Å²) in [5, 5.41) is 11.3. The molecule has 0 unspecified atom stereocenters. The average Bonchev–Trinajstić information content (AvgIpc) is 3.33. The second-order valence-corrected chi connectivity index (χ2v) is 14.0. The summed E-state index contributed by atoms with van der Waals surface area (Å²) in [6.45, 7) is 0. The Morgan fingerprint density at radius 3 is 2.16 bits per heavy atom. The third-order valence-electron chi connectivity index (χ3n) is 9.28. The summed E-state index contributed by atoms with van der Waals surface area (Å²) in [7, 11) is 0. The van der Waals surface area contributed by atoms with Gasteiger partial charge < -0.3 is 5.11 Å². The molecule has 3 aromatic carbocycles. The summed E-state index contributed by atoms with van der Waals surface area (Å²) in [6, 6.07) is 15.8. The third kappa shape index (κ3) is 3.92. The summed E-state index contributed by atoms with van der Waals surface area (Å²) in [5.74, 6) is -7.00. The van der Waals surface area contributed by atoms with Crippen LogP contribution in [0, 0.1) is 23.6 Å². The zero-order valence-corrected chi connectivity index (χ0v) is 26.4. The molecule has 3 fully saturated rings. The van der Waals surface area contributed by atoms with E-state index in [1.54, 1.807) is 30.3 Å². The Kier molecular flexibility index (Phi) is 6.79. The van der Waals surface area contributed by atoms with E-state index in [1.807, 2.05) is 0 Å². The molecule has 44 heavy (non-hydrogen) atoms. The predicted octanol–water partition coefficient (Wildman–Crippen LogP) is 6.72. The van der Waals surface area contributed by atoms with Crippen LogP contribution in [0.2, 0.25) is 5.02 Å². The zero-order valence-electron chi connectivity index (χ0n) is 22.5. The van der Waals surface area contributed by atoms with Crippen molar-refractivity contribution in [2.75, 3.05) is 9.80 Å². The van der Waals surface area contributed by atoms with Crippen LogP contribution in [0.4, 0.5) is 15.8 Å². The Hall–Kier alpha value is -3.24. The number of phenols is 1. The number of amides is 4. The number of halogens is 5. The summed E-state index contributed by atoms with van der Waals surface area (Å²) >= 11 is 24.3. The lowest BCUT2D eigenvalue weighted by molar-refractivity contribution is -0.125. The molecule has 0 bridgehead atoms. The molecular formula is C32H21BrCl3FN2O5. The van der Waals surface area contributed by atoms with E-state index in [1.165, 1.54) is 30.3 Å². The fraction of sp³-hybridized carbons (Fsp3) is 0.250. The van der Waals surface area contributed by atoms with E-state index in [0.717, 1.165) is 26.4 Å². The summed E-state index contributed by atoms with van der Waals surface area (Å²) < 4.78 is 14.6. The number of nitrogens with zero attached hydrogens (tertiary/aromatic N) is 2. The average molecular weight is 719 g/mol. The number of carbonyl (C=O) groups excluding carboxylic acids is 4. The Balaban J connectivity index is 1.41. The fourth-order valence-electron chi connectivity index (χ4n) is 7.35. The van der Waals surface area contributed by atoms with E-state index in [-0.39, 0.29) is 40.8 Å². The molecule has 224 valence electrons. The molecule has 0 aromatic heterocycles. The van der Waals surface area contributed by atoms with Gasteiger partial charge in [-0.05, 0) is 85.5 Å². The Morgan fingerprint density at radius 1 is 0.841 bits per heavy atom. The van der Waals surface area contributed by atoms with Gasteiger partial charge in [0.15, 0.2) is 9.75 Å². The van der Waals surface area contributed by atoms with E-state index < -0.39 is 57.0 Å². The Bertz CT molecular complexity index is 1820. The standard InChI is InChI=1S/C32H21BrCl3FN2O5/c33-15-1-6-18(7-2-15)38-27(41)21-11-10-20-23(25(21)28(38)42)14-31(35)29(43)39(19-8-4-17(37)5-9-19)30(44)32(31,36)26(20)22-13-16(34)3-12-24(22)40/h1-10,12-13,21,23,25-26,40H,11,14H2/t21-,23+,25-,26+,31+,32-/m0/s1. The van der Waals surface area contributed by atoms with Gasteiger partial charge in [-0.2, -0.15) is 0 Å². The predicted molar refractivity (Wildman–Crippen MR) is 166 cm³/mol. The molecule has 12 heteroatoms. The van der Waals surface area contributed by atoms with E-state index in [2.05, 4.69) is 15.9 Å². The van der Waals surface area contributed by atoms with Crippen molar-refractivity contribution in [3.63, 3.8) is 0 Å². The zero-order chi connectivity index (χ0) is 31.3. The minimum Gasteiger partial charge on any atom is -0.508 e. The number of rotatable bonds is 3. The molecule has 0 radical (unpaired) electrons. The van der Waals surface area contributed by atoms with Crippen molar-refractivity contribution in [1.29, 1.82) is 0 Å². The molecule has 4 amide bonds.